The molecule has 1 fully saturated rings. The monoisotopic (exact) mass is 252 g/mol. The molecule has 1 aromatic heterocycles. The Labute approximate surface area is 109 Å². The van der Waals surface area contributed by atoms with E-state index in [1.54, 1.807) is 0 Å². The summed E-state index contributed by atoms with van der Waals surface area (Å²) in [6.45, 7) is 7.23. The van der Waals surface area contributed by atoms with E-state index in [2.05, 4.69) is 19.0 Å². The third-order valence-electron chi connectivity index (χ3n) is 3.58. The summed E-state index contributed by atoms with van der Waals surface area (Å²) in [7, 11) is 0. The molecule has 0 bridgehead atoms. The van der Waals surface area contributed by atoms with Gasteiger partial charge in [0.05, 0.1) is 6.10 Å². The van der Waals surface area contributed by atoms with Crippen LogP contribution in [0.4, 0.5) is 5.82 Å². The maximum absolute atomic E-state index is 5.87. The second kappa shape index (κ2) is 5.74. The summed E-state index contributed by atoms with van der Waals surface area (Å²) < 4.78 is 11.0. The molecule has 1 aromatic rings. The Hall–Kier alpha value is -1.03. The van der Waals surface area contributed by atoms with Gasteiger partial charge in [0, 0.05) is 18.6 Å². The van der Waals surface area contributed by atoms with E-state index in [4.69, 9.17) is 15.0 Å². The topological polar surface area (TPSA) is 61.3 Å². The molecule has 1 heterocycles. The first-order valence-corrected chi connectivity index (χ1v) is 6.94. The zero-order valence-corrected chi connectivity index (χ0v) is 11.6. The van der Waals surface area contributed by atoms with Crippen molar-refractivity contribution in [2.75, 3.05) is 12.3 Å². The molecule has 2 rings (SSSR count). The molecular formula is C14H24N2O2. The summed E-state index contributed by atoms with van der Waals surface area (Å²) in [6, 6.07) is 0. The average molecular weight is 252 g/mol. The molecule has 0 atom stereocenters. The highest BCUT2D eigenvalue weighted by Crippen LogP contribution is 2.34. The fraction of sp³-hybridized carbons (Fsp3) is 0.786. The quantitative estimate of drug-likeness (QED) is 0.845. The number of aromatic nitrogens is 1. The molecule has 102 valence electrons. The second-order valence-corrected chi connectivity index (χ2v) is 5.69. The van der Waals surface area contributed by atoms with Crippen LogP contribution >= 0.6 is 0 Å². The number of rotatable bonds is 6. The van der Waals surface area contributed by atoms with E-state index in [1.165, 1.54) is 0 Å². The molecule has 4 nitrogen and oxygen atoms in total. The number of hydrogen-bond acceptors (Lipinski definition) is 4. The van der Waals surface area contributed by atoms with Crippen molar-refractivity contribution in [3.05, 3.63) is 11.3 Å². The first kappa shape index (κ1) is 13.4. The Morgan fingerprint density at radius 3 is 2.78 bits per heavy atom. The summed E-state index contributed by atoms with van der Waals surface area (Å²) in [5.41, 5.74) is 6.99. The minimum absolute atomic E-state index is 0.453. The van der Waals surface area contributed by atoms with Crippen LogP contribution in [0.15, 0.2) is 4.52 Å². The fourth-order valence-corrected chi connectivity index (χ4v) is 2.62. The van der Waals surface area contributed by atoms with Crippen molar-refractivity contribution in [2.45, 2.75) is 52.6 Å². The van der Waals surface area contributed by atoms with Gasteiger partial charge in [-0.2, -0.15) is 0 Å². The maximum atomic E-state index is 5.87. The molecule has 0 aromatic carbocycles. The highest BCUT2D eigenvalue weighted by Gasteiger charge is 2.31. The Balaban J connectivity index is 1.90. The van der Waals surface area contributed by atoms with Gasteiger partial charge in [-0.3, -0.25) is 0 Å². The summed E-state index contributed by atoms with van der Waals surface area (Å²) in [4.78, 5) is 0. The van der Waals surface area contributed by atoms with Gasteiger partial charge in [0.15, 0.2) is 5.82 Å². The number of ether oxygens (including phenoxy) is 1. The fourth-order valence-electron chi connectivity index (χ4n) is 2.62. The lowest BCUT2D eigenvalue weighted by Crippen LogP contribution is -2.32. The van der Waals surface area contributed by atoms with Gasteiger partial charge < -0.3 is 15.0 Å². The Kier molecular flexibility index (Phi) is 4.27. The standard InChI is InChI=1S/C14H24N2O2/c1-4-17-11-6-10(7-11)8-13-12(5-9(2)3)14(15)16-18-13/h9-11H,4-8H2,1-3H3,(H2,15,16). The van der Waals surface area contributed by atoms with Crippen LogP contribution in [0.1, 0.15) is 44.9 Å². The number of nitrogens with zero attached hydrogens (tertiary/aromatic N) is 1. The minimum atomic E-state index is 0.453. The van der Waals surface area contributed by atoms with Gasteiger partial charge >= 0.3 is 0 Å². The highest BCUT2D eigenvalue weighted by molar-refractivity contribution is 5.40. The summed E-state index contributed by atoms with van der Waals surface area (Å²) >= 11 is 0. The van der Waals surface area contributed by atoms with Gasteiger partial charge in [0.1, 0.15) is 5.76 Å². The molecule has 0 radical (unpaired) electrons. The average Bonchev–Trinajstić information content (AvgIpc) is 2.58. The van der Waals surface area contributed by atoms with Gasteiger partial charge in [-0.15, -0.1) is 0 Å². The van der Waals surface area contributed by atoms with Crippen molar-refractivity contribution < 1.29 is 9.26 Å². The van der Waals surface area contributed by atoms with Crippen LogP contribution < -0.4 is 5.73 Å². The van der Waals surface area contributed by atoms with Crippen LogP contribution in [0.2, 0.25) is 0 Å². The van der Waals surface area contributed by atoms with E-state index in [1.807, 2.05) is 6.92 Å². The summed E-state index contributed by atoms with van der Waals surface area (Å²) in [5, 5.41) is 3.91. The van der Waals surface area contributed by atoms with Crippen LogP contribution in [0.5, 0.6) is 0 Å². The van der Waals surface area contributed by atoms with Crippen LogP contribution in [-0.4, -0.2) is 17.9 Å². The van der Waals surface area contributed by atoms with Crippen LogP contribution in [0.3, 0.4) is 0 Å². The molecule has 2 N–H and O–H groups in total. The molecule has 0 unspecified atom stereocenters. The number of anilines is 1. The van der Waals surface area contributed by atoms with Crippen LogP contribution in [-0.2, 0) is 17.6 Å². The van der Waals surface area contributed by atoms with Gasteiger partial charge in [0.25, 0.3) is 0 Å². The molecule has 0 amide bonds. The third-order valence-corrected chi connectivity index (χ3v) is 3.58. The van der Waals surface area contributed by atoms with Gasteiger partial charge in [-0.25, -0.2) is 0 Å². The maximum Gasteiger partial charge on any atom is 0.170 e. The van der Waals surface area contributed by atoms with E-state index >= 15 is 0 Å². The van der Waals surface area contributed by atoms with Gasteiger partial charge in [0.2, 0.25) is 0 Å². The molecule has 1 aliphatic carbocycles. The van der Waals surface area contributed by atoms with Crippen molar-refractivity contribution in [1.82, 2.24) is 5.16 Å². The van der Waals surface area contributed by atoms with Crippen LogP contribution in [0, 0.1) is 11.8 Å². The van der Waals surface area contributed by atoms with E-state index in [9.17, 15) is 0 Å². The number of hydrogen-bond donors (Lipinski definition) is 1. The molecule has 18 heavy (non-hydrogen) atoms. The second-order valence-electron chi connectivity index (χ2n) is 5.69. The zero-order valence-electron chi connectivity index (χ0n) is 11.6. The summed E-state index contributed by atoms with van der Waals surface area (Å²) in [6.07, 6.45) is 4.63. The first-order chi connectivity index (χ1) is 8.60. The van der Waals surface area contributed by atoms with Crippen molar-refractivity contribution in [3.63, 3.8) is 0 Å². The zero-order chi connectivity index (χ0) is 13.1. The lowest BCUT2D eigenvalue weighted by atomic mass is 9.79. The number of nitrogen functional groups attached to an aromatic ring is 1. The SMILES string of the molecule is CCOC1CC(Cc2onc(N)c2CC(C)C)C1. The lowest BCUT2D eigenvalue weighted by molar-refractivity contribution is -0.0255. The van der Waals surface area contributed by atoms with Gasteiger partial charge in [-0.05, 0) is 38.0 Å². The Morgan fingerprint density at radius 2 is 2.17 bits per heavy atom. The third kappa shape index (κ3) is 3.05. The molecule has 1 saturated carbocycles. The lowest BCUT2D eigenvalue weighted by Gasteiger charge is -2.34. The van der Waals surface area contributed by atoms with Gasteiger partial charge in [-0.1, -0.05) is 19.0 Å². The predicted molar refractivity (Wildman–Crippen MR) is 71.3 cm³/mol. The normalized spacial score (nSPS) is 23.3. The molecule has 0 aliphatic heterocycles. The van der Waals surface area contributed by atoms with Crippen LogP contribution in [0.25, 0.3) is 0 Å². The molecule has 0 saturated heterocycles. The Morgan fingerprint density at radius 1 is 1.44 bits per heavy atom. The van der Waals surface area contributed by atoms with E-state index < -0.39 is 0 Å². The molecular weight excluding hydrogens is 228 g/mol. The van der Waals surface area contributed by atoms with E-state index in [0.717, 1.165) is 43.6 Å². The Bertz CT molecular complexity index is 381. The molecule has 0 spiro atoms. The van der Waals surface area contributed by atoms with E-state index in [0.29, 0.717) is 23.8 Å². The largest absolute Gasteiger partial charge is 0.381 e. The van der Waals surface area contributed by atoms with Crippen molar-refractivity contribution >= 4 is 5.82 Å². The van der Waals surface area contributed by atoms with Crippen molar-refractivity contribution in [3.8, 4) is 0 Å². The molecule has 4 heteroatoms. The van der Waals surface area contributed by atoms with Crippen molar-refractivity contribution in [1.29, 1.82) is 0 Å². The van der Waals surface area contributed by atoms with E-state index in [-0.39, 0.29) is 0 Å². The summed E-state index contributed by atoms with van der Waals surface area (Å²) in [5.74, 6) is 2.79. The smallest absolute Gasteiger partial charge is 0.170 e. The predicted octanol–water partition coefficient (Wildman–Crippen LogP) is 2.81. The highest BCUT2D eigenvalue weighted by atomic mass is 16.5. The minimum Gasteiger partial charge on any atom is -0.381 e. The molecule has 1 aliphatic rings. The first-order valence-electron chi connectivity index (χ1n) is 6.94. The van der Waals surface area contributed by atoms with Crippen molar-refractivity contribution in [2.24, 2.45) is 11.8 Å². The number of nitrogens with two attached hydrogens (primary N) is 1.